The maximum Gasteiger partial charge on any atom is 0.155 e. The van der Waals surface area contributed by atoms with Gasteiger partial charge in [-0.15, -0.1) is 0 Å². The van der Waals surface area contributed by atoms with Gasteiger partial charge in [0.2, 0.25) is 0 Å². The Labute approximate surface area is 134 Å². The largest absolute Gasteiger partial charge is 0.380 e. The minimum atomic E-state index is -3.30. The number of sulfone groups is 1. The molecule has 21 heavy (non-hydrogen) atoms. The van der Waals surface area contributed by atoms with Gasteiger partial charge >= 0.3 is 0 Å². The van der Waals surface area contributed by atoms with Crippen LogP contribution in [0.4, 0.5) is 0 Å². The molecule has 1 aromatic rings. The molecule has 4 nitrogen and oxygen atoms in total. The van der Waals surface area contributed by atoms with E-state index in [1.54, 1.807) is 6.92 Å². The molecule has 1 aromatic carbocycles. The Bertz CT molecular complexity index is 650. The monoisotopic (exact) mass is 371 g/mol. The van der Waals surface area contributed by atoms with Crippen LogP contribution in [0.5, 0.6) is 0 Å². The van der Waals surface area contributed by atoms with Gasteiger partial charge in [-0.3, -0.25) is 0 Å². The summed E-state index contributed by atoms with van der Waals surface area (Å²) in [6.07, 6.45) is 0. The van der Waals surface area contributed by atoms with Gasteiger partial charge in [0, 0.05) is 22.8 Å². The topological polar surface area (TPSA) is 67.2 Å². The molecule has 1 fully saturated rings. The van der Waals surface area contributed by atoms with Crippen LogP contribution in [-0.2, 0) is 14.6 Å². The van der Waals surface area contributed by atoms with E-state index < -0.39 is 20.5 Å². The normalized spacial score (nSPS) is 28.1. The number of hydrogen-bond acceptors (Lipinski definition) is 4. The van der Waals surface area contributed by atoms with Crippen molar-refractivity contribution in [1.82, 2.24) is 0 Å². The summed E-state index contributed by atoms with van der Waals surface area (Å²) >= 11 is 3.36. The zero-order chi connectivity index (χ0) is 15.7. The highest BCUT2D eigenvalue weighted by Gasteiger charge is 2.71. The van der Waals surface area contributed by atoms with Gasteiger partial charge in [0.05, 0.1) is 17.9 Å². The van der Waals surface area contributed by atoms with E-state index in [9.17, 15) is 13.7 Å². The molecule has 6 heteroatoms. The SMILES string of the molecule is CCOC[C@@]1(C#N)[C@H](c2ccc(Br)cc2)[C@@H]1S(=O)(=O)CC. The van der Waals surface area contributed by atoms with Gasteiger partial charge in [-0.05, 0) is 24.6 Å². The molecule has 0 heterocycles. The second kappa shape index (κ2) is 6.07. The summed E-state index contributed by atoms with van der Waals surface area (Å²) in [5.74, 6) is -0.271. The lowest BCUT2D eigenvalue weighted by molar-refractivity contribution is 0.117. The lowest BCUT2D eigenvalue weighted by atomic mass is 10.0. The van der Waals surface area contributed by atoms with E-state index in [-0.39, 0.29) is 18.3 Å². The lowest BCUT2D eigenvalue weighted by Gasteiger charge is -2.09. The summed E-state index contributed by atoms with van der Waals surface area (Å²) in [5, 5.41) is 8.92. The van der Waals surface area contributed by atoms with Crippen molar-refractivity contribution in [2.45, 2.75) is 25.0 Å². The van der Waals surface area contributed by atoms with Crippen molar-refractivity contribution in [1.29, 1.82) is 5.26 Å². The van der Waals surface area contributed by atoms with E-state index >= 15 is 0 Å². The first-order valence-electron chi connectivity index (χ1n) is 6.89. The summed E-state index contributed by atoms with van der Waals surface area (Å²) in [6, 6.07) is 9.71. The Kier molecular flexibility index (Phi) is 4.76. The smallest absolute Gasteiger partial charge is 0.155 e. The van der Waals surface area contributed by atoms with Gasteiger partial charge in [0.25, 0.3) is 0 Å². The van der Waals surface area contributed by atoms with Gasteiger partial charge in [0.15, 0.2) is 9.84 Å². The van der Waals surface area contributed by atoms with Crippen LogP contribution >= 0.6 is 15.9 Å². The van der Waals surface area contributed by atoms with E-state index in [1.165, 1.54) is 0 Å². The highest BCUT2D eigenvalue weighted by molar-refractivity contribution is 9.10. The lowest BCUT2D eigenvalue weighted by Crippen LogP contribution is -2.20. The third kappa shape index (κ3) is 2.87. The number of rotatable bonds is 6. The molecule has 0 N–H and O–H groups in total. The number of ether oxygens (including phenoxy) is 1. The fourth-order valence-corrected chi connectivity index (χ4v) is 5.13. The average Bonchev–Trinajstić information content (AvgIpc) is 3.16. The number of halogens is 1. The van der Waals surface area contributed by atoms with Crippen molar-refractivity contribution >= 4 is 25.8 Å². The minimum absolute atomic E-state index is 0.0419. The van der Waals surface area contributed by atoms with Crippen molar-refractivity contribution in [3.8, 4) is 6.07 Å². The molecule has 0 saturated heterocycles. The molecule has 0 amide bonds. The molecule has 0 spiro atoms. The minimum Gasteiger partial charge on any atom is -0.380 e. The van der Waals surface area contributed by atoms with Crippen molar-refractivity contribution in [3.63, 3.8) is 0 Å². The van der Waals surface area contributed by atoms with Crippen LogP contribution in [0.25, 0.3) is 0 Å². The summed E-state index contributed by atoms with van der Waals surface area (Å²) < 4.78 is 31.0. The van der Waals surface area contributed by atoms with Crippen LogP contribution in [0.2, 0.25) is 0 Å². The molecule has 114 valence electrons. The fourth-order valence-electron chi connectivity index (χ4n) is 2.86. The van der Waals surface area contributed by atoms with E-state index in [4.69, 9.17) is 4.74 Å². The molecule has 0 bridgehead atoms. The van der Waals surface area contributed by atoms with Gasteiger partial charge in [-0.25, -0.2) is 8.42 Å². The Morgan fingerprint density at radius 2 is 1.95 bits per heavy atom. The Morgan fingerprint density at radius 1 is 1.33 bits per heavy atom. The first-order valence-corrected chi connectivity index (χ1v) is 9.39. The first-order chi connectivity index (χ1) is 9.93. The predicted octanol–water partition coefficient (Wildman–Crippen LogP) is 2.90. The third-order valence-electron chi connectivity index (χ3n) is 4.03. The third-order valence-corrected chi connectivity index (χ3v) is 6.83. The number of nitrogens with zero attached hydrogens (tertiary/aromatic N) is 1. The quantitative estimate of drug-likeness (QED) is 0.770. The summed E-state index contributed by atoms with van der Waals surface area (Å²) in [6.45, 7) is 4.08. The second-order valence-electron chi connectivity index (χ2n) is 5.19. The van der Waals surface area contributed by atoms with Crippen LogP contribution in [0.15, 0.2) is 28.7 Å². The molecule has 0 radical (unpaired) electrons. The van der Waals surface area contributed by atoms with E-state index in [2.05, 4.69) is 22.0 Å². The Balaban J connectivity index is 2.42. The maximum atomic E-state index is 12.3. The predicted molar refractivity (Wildman–Crippen MR) is 84.7 cm³/mol. The van der Waals surface area contributed by atoms with Crippen molar-refractivity contribution in [3.05, 3.63) is 34.3 Å². The molecule has 1 aliphatic rings. The van der Waals surface area contributed by atoms with Crippen LogP contribution < -0.4 is 0 Å². The number of benzene rings is 1. The van der Waals surface area contributed by atoms with Gasteiger partial charge in [-0.2, -0.15) is 5.26 Å². The first kappa shape index (κ1) is 16.5. The molecule has 0 aliphatic heterocycles. The fraction of sp³-hybridized carbons (Fsp3) is 0.533. The van der Waals surface area contributed by atoms with E-state index in [0.29, 0.717) is 6.61 Å². The van der Waals surface area contributed by atoms with Crippen LogP contribution in [0.3, 0.4) is 0 Å². The number of nitriles is 1. The summed E-state index contributed by atoms with van der Waals surface area (Å²) in [4.78, 5) is 0. The Hall–Kier alpha value is -0.900. The molecule has 1 saturated carbocycles. The number of hydrogen-bond donors (Lipinski definition) is 0. The van der Waals surface area contributed by atoms with Crippen molar-refractivity contribution < 1.29 is 13.2 Å². The highest BCUT2D eigenvalue weighted by atomic mass is 79.9. The van der Waals surface area contributed by atoms with E-state index in [1.807, 2.05) is 31.2 Å². The average molecular weight is 372 g/mol. The van der Waals surface area contributed by atoms with Crippen LogP contribution in [0, 0.1) is 16.7 Å². The zero-order valence-electron chi connectivity index (χ0n) is 12.0. The Morgan fingerprint density at radius 3 is 2.43 bits per heavy atom. The van der Waals surface area contributed by atoms with Gasteiger partial charge < -0.3 is 4.74 Å². The zero-order valence-corrected chi connectivity index (χ0v) is 14.4. The maximum absolute atomic E-state index is 12.3. The van der Waals surface area contributed by atoms with Crippen molar-refractivity contribution in [2.75, 3.05) is 19.0 Å². The second-order valence-corrected chi connectivity index (χ2v) is 8.52. The summed E-state index contributed by atoms with van der Waals surface area (Å²) in [5.41, 5.74) is -0.0833. The van der Waals surface area contributed by atoms with Crippen LogP contribution in [0.1, 0.15) is 25.3 Å². The highest BCUT2D eigenvalue weighted by Crippen LogP contribution is 2.63. The standard InChI is InChI=1S/C15H18BrNO3S/c1-3-20-10-15(9-17)13(14(15)21(18,19)4-2)11-5-7-12(16)8-6-11/h5-8,13-14H,3-4,10H2,1-2H3/t13-,14+,15+/m1/s1. The van der Waals surface area contributed by atoms with Crippen molar-refractivity contribution in [2.24, 2.45) is 5.41 Å². The van der Waals surface area contributed by atoms with Gasteiger partial charge in [0.1, 0.15) is 5.41 Å². The molecule has 1 aliphatic carbocycles. The molecule has 0 aromatic heterocycles. The van der Waals surface area contributed by atoms with Crippen LogP contribution in [-0.4, -0.2) is 32.6 Å². The molecular weight excluding hydrogens is 354 g/mol. The van der Waals surface area contributed by atoms with E-state index in [0.717, 1.165) is 10.0 Å². The molecule has 3 atom stereocenters. The molecular formula is C15H18BrNO3S. The van der Waals surface area contributed by atoms with Gasteiger partial charge in [-0.1, -0.05) is 35.0 Å². The summed E-state index contributed by atoms with van der Waals surface area (Å²) in [7, 11) is -3.30. The molecule has 2 rings (SSSR count). The molecule has 0 unspecified atom stereocenters.